The molecule has 29 heavy (non-hydrogen) atoms. The van der Waals surface area contributed by atoms with Crippen molar-refractivity contribution in [3.63, 3.8) is 0 Å². The molecule has 0 aliphatic carbocycles. The van der Waals surface area contributed by atoms with Crippen LogP contribution < -0.4 is 15.9 Å². The largest absolute Gasteiger partial charge is 0.478 e. The molecule has 0 aliphatic rings. The summed E-state index contributed by atoms with van der Waals surface area (Å²) in [5.41, 5.74) is 0.0910. The van der Waals surface area contributed by atoms with E-state index in [0.717, 1.165) is 0 Å². The van der Waals surface area contributed by atoms with Gasteiger partial charge in [-0.05, 0) is 36.4 Å². The average Bonchev–Trinajstić information content (AvgIpc) is 2.73. The SMILES string of the molecule is O=C(O)c1ccc(P(=O)(c2ccc(C(=O)O)cc2)c2ccc(C(=O)O)cc2)cc1. The lowest BCUT2D eigenvalue weighted by atomic mass is 10.2. The van der Waals surface area contributed by atoms with E-state index in [1.807, 2.05) is 0 Å². The topological polar surface area (TPSA) is 129 Å². The fraction of sp³-hybridized carbons (Fsp3) is 0. The lowest BCUT2D eigenvalue weighted by Gasteiger charge is -2.20. The number of aromatic carboxylic acids is 3. The van der Waals surface area contributed by atoms with Crippen molar-refractivity contribution in [2.75, 3.05) is 0 Å². The molecule has 0 saturated carbocycles. The molecule has 0 amide bonds. The van der Waals surface area contributed by atoms with Gasteiger partial charge in [-0.15, -0.1) is 0 Å². The molecule has 8 heteroatoms. The summed E-state index contributed by atoms with van der Waals surface area (Å²) in [7, 11) is -3.51. The monoisotopic (exact) mass is 410 g/mol. The minimum atomic E-state index is -3.51. The summed E-state index contributed by atoms with van der Waals surface area (Å²) in [4.78, 5) is 33.4. The molecule has 0 aromatic heterocycles. The van der Waals surface area contributed by atoms with Crippen LogP contribution in [0.5, 0.6) is 0 Å². The normalized spacial score (nSPS) is 11.0. The van der Waals surface area contributed by atoms with Crippen LogP contribution in [0.1, 0.15) is 31.1 Å². The van der Waals surface area contributed by atoms with Crippen LogP contribution in [0, 0.1) is 0 Å². The van der Waals surface area contributed by atoms with Gasteiger partial charge < -0.3 is 19.9 Å². The van der Waals surface area contributed by atoms with Crippen molar-refractivity contribution in [3.8, 4) is 0 Å². The van der Waals surface area contributed by atoms with Crippen LogP contribution in [0.25, 0.3) is 0 Å². The first-order valence-corrected chi connectivity index (χ1v) is 10.1. The molecule has 0 unspecified atom stereocenters. The minimum absolute atomic E-state index is 0.0303. The van der Waals surface area contributed by atoms with Crippen LogP contribution in [-0.2, 0) is 4.57 Å². The quantitative estimate of drug-likeness (QED) is 0.532. The number of hydrogen-bond acceptors (Lipinski definition) is 4. The Hall–Kier alpha value is -3.70. The van der Waals surface area contributed by atoms with Gasteiger partial charge in [-0.25, -0.2) is 14.4 Å². The van der Waals surface area contributed by atoms with Gasteiger partial charge in [0, 0.05) is 15.9 Å². The molecular formula is C21H15O7P. The van der Waals surface area contributed by atoms with Gasteiger partial charge in [0.15, 0.2) is 7.14 Å². The number of carbonyl (C=O) groups is 3. The first kappa shape index (κ1) is 20.0. The number of benzene rings is 3. The molecular weight excluding hydrogens is 395 g/mol. The van der Waals surface area contributed by atoms with Crippen LogP contribution in [0.15, 0.2) is 72.8 Å². The van der Waals surface area contributed by atoms with E-state index in [1.54, 1.807) is 0 Å². The lowest BCUT2D eigenvalue weighted by Crippen LogP contribution is -2.25. The molecule has 0 atom stereocenters. The van der Waals surface area contributed by atoms with Gasteiger partial charge in [0.2, 0.25) is 0 Å². The zero-order chi connectivity index (χ0) is 21.2. The second-order valence-corrected chi connectivity index (χ2v) is 8.93. The summed E-state index contributed by atoms with van der Waals surface area (Å²) in [5.74, 6) is -3.37. The molecule has 3 aromatic rings. The van der Waals surface area contributed by atoms with Crippen molar-refractivity contribution in [2.24, 2.45) is 0 Å². The highest BCUT2D eigenvalue weighted by atomic mass is 31.2. The van der Waals surface area contributed by atoms with Crippen LogP contribution >= 0.6 is 7.14 Å². The van der Waals surface area contributed by atoms with Crippen molar-refractivity contribution in [2.45, 2.75) is 0 Å². The second kappa shape index (κ2) is 7.73. The highest BCUT2D eigenvalue weighted by Crippen LogP contribution is 2.42. The minimum Gasteiger partial charge on any atom is -0.478 e. The van der Waals surface area contributed by atoms with Gasteiger partial charge in [-0.1, -0.05) is 36.4 Å². The molecule has 7 nitrogen and oxygen atoms in total. The Labute approximate surface area is 165 Å². The lowest BCUT2D eigenvalue weighted by molar-refractivity contribution is 0.0686. The number of rotatable bonds is 6. The maximum absolute atomic E-state index is 14.2. The highest BCUT2D eigenvalue weighted by molar-refractivity contribution is 7.85. The molecule has 0 fully saturated rings. The molecule has 0 spiro atoms. The Morgan fingerprint density at radius 1 is 0.483 bits per heavy atom. The Morgan fingerprint density at radius 2 is 0.690 bits per heavy atom. The van der Waals surface area contributed by atoms with Crippen molar-refractivity contribution in [1.29, 1.82) is 0 Å². The molecule has 0 saturated heterocycles. The van der Waals surface area contributed by atoms with Gasteiger partial charge >= 0.3 is 17.9 Å². The number of carboxylic acids is 3. The van der Waals surface area contributed by atoms with Crippen LogP contribution in [0.3, 0.4) is 0 Å². The zero-order valence-corrected chi connectivity index (χ0v) is 15.7. The van der Waals surface area contributed by atoms with Gasteiger partial charge in [0.05, 0.1) is 16.7 Å². The van der Waals surface area contributed by atoms with E-state index < -0.39 is 25.0 Å². The summed E-state index contributed by atoms with van der Waals surface area (Å²) in [5, 5.41) is 28.3. The van der Waals surface area contributed by atoms with E-state index in [9.17, 15) is 18.9 Å². The van der Waals surface area contributed by atoms with E-state index in [-0.39, 0.29) is 16.7 Å². The summed E-state index contributed by atoms with van der Waals surface area (Å²) in [6.07, 6.45) is 0. The predicted molar refractivity (Wildman–Crippen MR) is 107 cm³/mol. The van der Waals surface area contributed by atoms with Crippen molar-refractivity contribution >= 4 is 41.0 Å². The summed E-state index contributed by atoms with van der Waals surface area (Å²) in [6, 6.07) is 16.7. The molecule has 0 radical (unpaired) electrons. The van der Waals surface area contributed by atoms with Gasteiger partial charge in [0.1, 0.15) is 0 Å². The smallest absolute Gasteiger partial charge is 0.335 e. The molecule has 3 N–H and O–H groups in total. The van der Waals surface area contributed by atoms with Crippen LogP contribution in [0.4, 0.5) is 0 Å². The van der Waals surface area contributed by atoms with Crippen molar-refractivity contribution in [1.82, 2.24) is 0 Å². The van der Waals surface area contributed by atoms with Crippen molar-refractivity contribution < 1.29 is 34.3 Å². The third-order valence-corrected chi connectivity index (χ3v) is 7.51. The first-order chi connectivity index (χ1) is 13.7. The van der Waals surface area contributed by atoms with Crippen LogP contribution in [-0.4, -0.2) is 33.2 Å². The summed E-state index contributed by atoms with van der Waals surface area (Å²) >= 11 is 0. The van der Waals surface area contributed by atoms with E-state index in [4.69, 9.17) is 15.3 Å². The fourth-order valence-electron chi connectivity index (χ4n) is 2.89. The molecule has 0 bridgehead atoms. The first-order valence-electron chi connectivity index (χ1n) is 8.35. The molecule has 0 aliphatic heterocycles. The van der Waals surface area contributed by atoms with Gasteiger partial charge in [0.25, 0.3) is 0 Å². The summed E-state index contributed by atoms with van der Waals surface area (Å²) < 4.78 is 14.2. The fourth-order valence-corrected chi connectivity index (χ4v) is 5.49. The Balaban J connectivity index is 2.19. The highest BCUT2D eigenvalue weighted by Gasteiger charge is 2.30. The number of carboxylic acid groups (broad SMARTS) is 3. The van der Waals surface area contributed by atoms with Gasteiger partial charge in [-0.2, -0.15) is 0 Å². The predicted octanol–water partition coefficient (Wildman–Crippen LogP) is 2.42. The van der Waals surface area contributed by atoms with E-state index in [1.165, 1.54) is 72.8 Å². The Bertz CT molecular complexity index is 985. The third-order valence-electron chi connectivity index (χ3n) is 4.43. The second-order valence-electron chi connectivity index (χ2n) is 6.17. The van der Waals surface area contributed by atoms with Gasteiger partial charge in [-0.3, -0.25) is 0 Å². The maximum atomic E-state index is 14.2. The maximum Gasteiger partial charge on any atom is 0.335 e. The number of hydrogen-bond donors (Lipinski definition) is 3. The summed E-state index contributed by atoms with van der Waals surface area (Å²) in [6.45, 7) is 0. The average molecular weight is 410 g/mol. The van der Waals surface area contributed by atoms with E-state index in [2.05, 4.69) is 0 Å². The molecule has 3 aromatic carbocycles. The Morgan fingerprint density at radius 3 is 0.862 bits per heavy atom. The van der Waals surface area contributed by atoms with Crippen LogP contribution in [0.2, 0.25) is 0 Å². The molecule has 0 heterocycles. The molecule has 146 valence electrons. The third kappa shape index (κ3) is 3.81. The van der Waals surface area contributed by atoms with Crippen molar-refractivity contribution in [3.05, 3.63) is 89.5 Å². The molecule has 3 rings (SSSR count). The zero-order valence-electron chi connectivity index (χ0n) is 14.9. The Kier molecular flexibility index (Phi) is 5.35. The standard InChI is InChI=1S/C21H15O7P/c22-19(23)13-1-7-16(8-2-13)29(28,17-9-3-14(4-10-17)20(24)25)18-11-5-15(6-12-18)21(26)27/h1-12H,(H,22,23)(H,24,25)(H,26,27). The van der Waals surface area contributed by atoms with E-state index >= 15 is 0 Å². The van der Waals surface area contributed by atoms with E-state index in [0.29, 0.717) is 15.9 Å².